The SMILES string of the molecule is O=c1cc[nH]n1-c1cc(N2CCC(F)(F)CC2)ncn1. The highest BCUT2D eigenvalue weighted by Crippen LogP contribution is 2.29. The van der Waals surface area contributed by atoms with Gasteiger partial charge in [-0.15, -0.1) is 0 Å². The average molecular weight is 281 g/mol. The third-order valence-electron chi connectivity index (χ3n) is 3.34. The highest BCUT2D eigenvalue weighted by Gasteiger charge is 2.34. The Labute approximate surface area is 113 Å². The zero-order valence-electron chi connectivity index (χ0n) is 10.6. The van der Waals surface area contributed by atoms with Crippen LogP contribution in [-0.4, -0.2) is 38.8 Å². The van der Waals surface area contributed by atoms with Crippen molar-refractivity contribution in [2.24, 2.45) is 0 Å². The third kappa shape index (κ3) is 2.40. The molecule has 2 aromatic rings. The van der Waals surface area contributed by atoms with Crippen LogP contribution in [0.4, 0.5) is 14.6 Å². The van der Waals surface area contributed by atoms with Crippen molar-refractivity contribution in [1.82, 2.24) is 19.7 Å². The Morgan fingerprint density at radius 2 is 1.90 bits per heavy atom. The van der Waals surface area contributed by atoms with Crippen molar-refractivity contribution < 1.29 is 8.78 Å². The fraction of sp³-hybridized carbons (Fsp3) is 0.417. The van der Waals surface area contributed by atoms with Crippen molar-refractivity contribution in [2.75, 3.05) is 18.0 Å². The van der Waals surface area contributed by atoms with Gasteiger partial charge in [0.2, 0.25) is 0 Å². The molecule has 3 heterocycles. The van der Waals surface area contributed by atoms with Crippen LogP contribution in [0, 0.1) is 0 Å². The van der Waals surface area contributed by atoms with E-state index in [2.05, 4.69) is 15.1 Å². The molecule has 0 aliphatic carbocycles. The van der Waals surface area contributed by atoms with E-state index in [1.165, 1.54) is 23.3 Å². The van der Waals surface area contributed by atoms with Crippen LogP contribution in [0.15, 0.2) is 29.5 Å². The predicted molar refractivity (Wildman–Crippen MR) is 68.4 cm³/mol. The normalized spacial score (nSPS) is 18.2. The fourth-order valence-electron chi connectivity index (χ4n) is 2.20. The van der Waals surface area contributed by atoms with E-state index in [0.29, 0.717) is 11.6 Å². The number of piperidine rings is 1. The maximum absolute atomic E-state index is 13.1. The van der Waals surface area contributed by atoms with E-state index in [0.717, 1.165) is 0 Å². The Morgan fingerprint density at radius 1 is 1.20 bits per heavy atom. The number of rotatable bonds is 2. The second-order valence-corrected chi connectivity index (χ2v) is 4.71. The van der Waals surface area contributed by atoms with Gasteiger partial charge in [0.05, 0.1) is 0 Å². The lowest BCUT2D eigenvalue weighted by molar-refractivity contribution is -0.0221. The van der Waals surface area contributed by atoms with E-state index in [1.54, 1.807) is 11.0 Å². The summed E-state index contributed by atoms with van der Waals surface area (Å²) < 4.78 is 27.5. The number of halogens is 2. The van der Waals surface area contributed by atoms with Gasteiger partial charge in [-0.25, -0.2) is 23.4 Å². The van der Waals surface area contributed by atoms with Crippen LogP contribution in [-0.2, 0) is 0 Å². The largest absolute Gasteiger partial charge is 0.356 e. The van der Waals surface area contributed by atoms with Gasteiger partial charge in [0.25, 0.3) is 11.5 Å². The van der Waals surface area contributed by atoms with E-state index in [1.807, 2.05) is 0 Å². The van der Waals surface area contributed by atoms with Crippen molar-refractivity contribution in [1.29, 1.82) is 0 Å². The van der Waals surface area contributed by atoms with Crippen molar-refractivity contribution in [2.45, 2.75) is 18.8 Å². The molecule has 1 fully saturated rings. The lowest BCUT2D eigenvalue weighted by Crippen LogP contribution is -2.39. The highest BCUT2D eigenvalue weighted by molar-refractivity contribution is 5.43. The molecule has 8 heteroatoms. The van der Waals surface area contributed by atoms with Crippen molar-refractivity contribution >= 4 is 5.82 Å². The Morgan fingerprint density at radius 3 is 2.55 bits per heavy atom. The van der Waals surface area contributed by atoms with Crippen LogP contribution in [0.5, 0.6) is 0 Å². The number of hydrogen-bond acceptors (Lipinski definition) is 4. The first-order chi connectivity index (χ1) is 9.55. The second kappa shape index (κ2) is 4.69. The van der Waals surface area contributed by atoms with Gasteiger partial charge in [-0.05, 0) is 0 Å². The van der Waals surface area contributed by atoms with Gasteiger partial charge in [-0.2, -0.15) is 0 Å². The van der Waals surface area contributed by atoms with Crippen LogP contribution in [0.25, 0.3) is 5.82 Å². The molecule has 1 N–H and O–H groups in total. The summed E-state index contributed by atoms with van der Waals surface area (Å²) in [6.45, 7) is 0.478. The number of H-pyrrole nitrogens is 1. The van der Waals surface area contributed by atoms with Gasteiger partial charge >= 0.3 is 0 Å². The summed E-state index contributed by atoms with van der Waals surface area (Å²) in [7, 11) is 0. The Kier molecular flexibility index (Phi) is 3.00. The Bertz CT molecular complexity index is 656. The van der Waals surface area contributed by atoms with Gasteiger partial charge in [0, 0.05) is 44.3 Å². The summed E-state index contributed by atoms with van der Waals surface area (Å²) in [5, 5.41) is 2.74. The molecule has 0 aromatic carbocycles. The van der Waals surface area contributed by atoms with Crippen molar-refractivity contribution in [3.8, 4) is 5.82 Å². The van der Waals surface area contributed by atoms with Crippen LogP contribution >= 0.6 is 0 Å². The van der Waals surface area contributed by atoms with Gasteiger partial charge < -0.3 is 4.90 Å². The summed E-state index contributed by atoms with van der Waals surface area (Å²) in [6, 6.07) is 2.99. The zero-order valence-corrected chi connectivity index (χ0v) is 10.6. The van der Waals surface area contributed by atoms with E-state index in [4.69, 9.17) is 0 Å². The third-order valence-corrected chi connectivity index (χ3v) is 3.34. The van der Waals surface area contributed by atoms with Gasteiger partial charge in [0.15, 0.2) is 5.82 Å². The highest BCUT2D eigenvalue weighted by atomic mass is 19.3. The Balaban J connectivity index is 1.86. The zero-order chi connectivity index (χ0) is 14.2. The number of anilines is 1. The standard InChI is InChI=1S/C12H13F2N5O/c13-12(14)2-5-18(6-3-12)9-7-10(16-8-15-9)19-11(20)1-4-17-19/h1,4,7-8,17H,2-3,5-6H2. The molecule has 0 bridgehead atoms. The maximum Gasteiger partial charge on any atom is 0.272 e. The number of aromatic nitrogens is 4. The van der Waals surface area contributed by atoms with Crippen LogP contribution < -0.4 is 10.5 Å². The molecular weight excluding hydrogens is 268 g/mol. The van der Waals surface area contributed by atoms with Gasteiger partial charge in [0.1, 0.15) is 12.1 Å². The maximum atomic E-state index is 13.1. The topological polar surface area (TPSA) is 66.8 Å². The number of alkyl halides is 2. The molecule has 6 nitrogen and oxygen atoms in total. The molecule has 3 rings (SSSR count). The minimum atomic E-state index is -2.59. The van der Waals surface area contributed by atoms with Crippen molar-refractivity contribution in [3.05, 3.63) is 35.0 Å². The molecule has 0 unspecified atom stereocenters. The lowest BCUT2D eigenvalue weighted by atomic mass is 10.1. The molecule has 1 aliphatic rings. The average Bonchev–Trinajstić information content (AvgIpc) is 2.85. The first-order valence-corrected chi connectivity index (χ1v) is 6.27. The molecule has 1 aliphatic heterocycles. The predicted octanol–water partition coefficient (Wildman–Crippen LogP) is 1.19. The van der Waals surface area contributed by atoms with Crippen LogP contribution in [0.2, 0.25) is 0 Å². The first-order valence-electron chi connectivity index (χ1n) is 6.27. The quantitative estimate of drug-likeness (QED) is 0.898. The number of nitrogens with zero attached hydrogens (tertiary/aromatic N) is 4. The van der Waals surface area contributed by atoms with Gasteiger partial charge in [-0.3, -0.25) is 9.89 Å². The van der Waals surface area contributed by atoms with Crippen molar-refractivity contribution in [3.63, 3.8) is 0 Å². The molecule has 106 valence electrons. The second-order valence-electron chi connectivity index (χ2n) is 4.71. The number of aromatic amines is 1. The minimum absolute atomic E-state index is 0.186. The molecule has 0 radical (unpaired) electrons. The molecule has 0 amide bonds. The van der Waals surface area contributed by atoms with E-state index >= 15 is 0 Å². The van der Waals surface area contributed by atoms with Crippen LogP contribution in [0.3, 0.4) is 0 Å². The molecule has 0 saturated carbocycles. The molecule has 1 saturated heterocycles. The van der Waals surface area contributed by atoms with E-state index in [-0.39, 0.29) is 31.5 Å². The first kappa shape index (κ1) is 12.8. The fourth-order valence-corrected chi connectivity index (χ4v) is 2.20. The molecular formula is C12H13F2N5O. The van der Waals surface area contributed by atoms with E-state index in [9.17, 15) is 13.6 Å². The lowest BCUT2D eigenvalue weighted by Gasteiger charge is -2.32. The smallest absolute Gasteiger partial charge is 0.272 e. The molecule has 2 aromatic heterocycles. The minimum Gasteiger partial charge on any atom is -0.356 e. The summed E-state index contributed by atoms with van der Waals surface area (Å²) in [6.07, 6.45) is 2.46. The Hall–Kier alpha value is -2.25. The van der Waals surface area contributed by atoms with Gasteiger partial charge in [-0.1, -0.05) is 0 Å². The summed E-state index contributed by atoms with van der Waals surface area (Å²) in [5.41, 5.74) is -0.236. The monoisotopic (exact) mass is 281 g/mol. The molecule has 0 atom stereocenters. The van der Waals surface area contributed by atoms with Crippen LogP contribution in [0.1, 0.15) is 12.8 Å². The molecule has 20 heavy (non-hydrogen) atoms. The summed E-state index contributed by atoms with van der Waals surface area (Å²) in [5.74, 6) is -1.66. The molecule has 0 spiro atoms. The summed E-state index contributed by atoms with van der Waals surface area (Å²) in [4.78, 5) is 21.4. The number of hydrogen-bond donors (Lipinski definition) is 1. The summed E-state index contributed by atoms with van der Waals surface area (Å²) >= 11 is 0. The van der Waals surface area contributed by atoms with E-state index < -0.39 is 5.92 Å². The number of nitrogens with one attached hydrogen (secondary N) is 1.